The molecule has 0 amide bonds. The first-order chi connectivity index (χ1) is 6.76. The van der Waals surface area contributed by atoms with E-state index in [0.29, 0.717) is 0 Å². The number of hydrogen-bond donors (Lipinski definition) is 1. The van der Waals surface area contributed by atoms with Gasteiger partial charge in [-0.2, -0.15) is 0 Å². The lowest BCUT2D eigenvalue weighted by Gasteiger charge is -2.17. The van der Waals surface area contributed by atoms with Crippen LogP contribution in [0.15, 0.2) is 24.3 Å². The van der Waals surface area contributed by atoms with Gasteiger partial charge in [0.25, 0.3) is 0 Å². The van der Waals surface area contributed by atoms with Crippen molar-refractivity contribution in [2.45, 2.75) is 20.3 Å². The number of benzene rings is 1. The van der Waals surface area contributed by atoms with Crippen LogP contribution in [-0.2, 0) is 6.42 Å². The molecule has 0 radical (unpaired) electrons. The highest BCUT2D eigenvalue weighted by Crippen LogP contribution is 2.07. The number of nitrogens with two attached hydrogens (primary N) is 1. The molecule has 1 aromatic carbocycles. The van der Waals surface area contributed by atoms with Gasteiger partial charge in [-0.1, -0.05) is 26.0 Å². The van der Waals surface area contributed by atoms with E-state index < -0.39 is 0 Å². The first kappa shape index (κ1) is 11.1. The second-order valence-electron chi connectivity index (χ2n) is 3.52. The summed E-state index contributed by atoms with van der Waals surface area (Å²) in [6.45, 7) is 7.76. The molecule has 0 atom stereocenters. The summed E-state index contributed by atoms with van der Waals surface area (Å²) in [6.07, 6.45) is 1.09. The number of anilines is 1. The van der Waals surface area contributed by atoms with Gasteiger partial charge in [0.1, 0.15) is 0 Å². The Labute approximate surface area is 86.7 Å². The molecule has 0 spiro atoms. The van der Waals surface area contributed by atoms with Crippen LogP contribution in [0, 0.1) is 0 Å². The van der Waals surface area contributed by atoms with E-state index in [1.165, 1.54) is 5.56 Å². The van der Waals surface area contributed by atoms with Crippen molar-refractivity contribution in [1.29, 1.82) is 0 Å². The highest BCUT2D eigenvalue weighted by atomic mass is 15.1. The Morgan fingerprint density at radius 1 is 1.21 bits per heavy atom. The van der Waals surface area contributed by atoms with E-state index in [1.807, 2.05) is 12.1 Å². The Bertz CT molecular complexity index is 267. The zero-order valence-corrected chi connectivity index (χ0v) is 9.16. The predicted octanol–water partition coefficient (Wildman–Crippen LogP) is 2.15. The molecule has 0 aromatic heterocycles. The normalized spacial score (nSPS) is 10.8. The van der Waals surface area contributed by atoms with Gasteiger partial charge < -0.3 is 10.6 Å². The zero-order valence-electron chi connectivity index (χ0n) is 9.16. The van der Waals surface area contributed by atoms with Crippen LogP contribution in [0.2, 0.25) is 0 Å². The summed E-state index contributed by atoms with van der Waals surface area (Å²) in [6, 6.07) is 8.15. The van der Waals surface area contributed by atoms with Crippen molar-refractivity contribution in [1.82, 2.24) is 4.90 Å². The Balaban J connectivity index is 2.44. The van der Waals surface area contributed by atoms with Crippen LogP contribution in [0.25, 0.3) is 0 Å². The van der Waals surface area contributed by atoms with Crippen molar-refractivity contribution in [2.75, 3.05) is 25.4 Å². The maximum atomic E-state index is 5.72. The van der Waals surface area contributed by atoms with Gasteiger partial charge in [-0.25, -0.2) is 0 Å². The minimum absolute atomic E-state index is 0.863. The van der Waals surface area contributed by atoms with E-state index in [1.54, 1.807) is 0 Å². The van der Waals surface area contributed by atoms with Crippen molar-refractivity contribution in [3.8, 4) is 0 Å². The molecule has 0 heterocycles. The van der Waals surface area contributed by atoms with Crippen LogP contribution in [0.1, 0.15) is 19.4 Å². The van der Waals surface area contributed by atoms with Gasteiger partial charge in [0, 0.05) is 12.2 Å². The fourth-order valence-corrected chi connectivity index (χ4v) is 1.58. The molecule has 1 aromatic rings. The molecular formula is C12H20N2. The minimum Gasteiger partial charge on any atom is -0.399 e. The second kappa shape index (κ2) is 5.66. The van der Waals surface area contributed by atoms with Gasteiger partial charge in [0.2, 0.25) is 0 Å². The molecule has 0 bridgehead atoms. The summed E-state index contributed by atoms with van der Waals surface area (Å²) in [4.78, 5) is 2.42. The summed E-state index contributed by atoms with van der Waals surface area (Å²) >= 11 is 0. The topological polar surface area (TPSA) is 29.3 Å². The summed E-state index contributed by atoms with van der Waals surface area (Å²) in [5, 5.41) is 0. The maximum absolute atomic E-state index is 5.72. The summed E-state index contributed by atoms with van der Waals surface area (Å²) in [5.41, 5.74) is 7.91. The standard InChI is InChI=1S/C12H20N2/c1-3-14(4-2)9-8-11-6-5-7-12(13)10-11/h5-7,10H,3-4,8-9,13H2,1-2H3. The largest absolute Gasteiger partial charge is 0.399 e. The van der Waals surface area contributed by atoms with Crippen molar-refractivity contribution in [3.63, 3.8) is 0 Å². The molecule has 1 rings (SSSR count). The first-order valence-electron chi connectivity index (χ1n) is 5.33. The molecule has 0 saturated carbocycles. The van der Waals surface area contributed by atoms with Gasteiger partial charge in [0.05, 0.1) is 0 Å². The van der Waals surface area contributed by atoms with E-state index in [2.05, 4.69) is 30.9 Å². The Kier molecular flexibility index (Phi) is 4.47. The average molecular weight is 192 g/mol. The fraction of sp³-hybridized carbons (Fsp3) is 0.500. The van der Waals surface area contributed by atoms with E-state index in [4.69, 9.17) is 5.73 Å². The molecule has 2 N–H and O–H groups in total. The smallest absolute Gasteiger partial charge is 0.0316 e. The lowest BCUT2D eigenvalue weighted by Crippen LogP contribution is -2.25. The quantitative estimate of drug-likeness (QED) is 0.724. The third-order valence-corrected chi connectivity index (χ3v) is 2.56. The van der Waals surface area contributed by atoms with Crippen LogP contribution >= 0.6 is 0 Å². The van der Waals surface area contributed by atoms with Gasteiger partial charge in [-0.3, -0.25) is 0 Å². The number of nitrogen functional groups attached to an aromatic ring is 1. The predicted molar refractivity (Wildman–Crippen MR) is 62.3 cm³/mol. The average Bonchev–Trinajstić information content (AvgIpc) is 2.19. The third-order valence-electron chi connectivity index (χ3n) is 2.56. The maximum Gasteiger partial charge on any atom is 0.0316 e. The molecule has 0 fully saturated rings. The molecule has 0 aliphatic rings. The number of nitrogens with zero attached hydrogens (tertiary/aromatic N) is 1. The van der Waals surface area contributed by atoms with E-state index in [9.17, 15) is 0 Å². The molecule has 0 aliphatic carbocycles. The van der Waals surface area contributed by atoms with Crippen LogP contribution < -0.4 is 5.73 Å². The molecule has 14 heavy (non-hydrogen) atoms. The van der Waals surface area contributed by atoms with Gasteiger partial charge in [-0.15, -0.1) is 0 Å². The molecule has 2 heteroatoms. The van der Waals surface area contributed by atoms with E-state index in [-0.39, 0.29) is 0 Å². The second-order valence-corrected chi connectivity index (χ2v) is 3.52. The molecule has 78 valence electrons. The number of hydrogen-bond acceptors (Lipinski definition) is 2. The lowest BCUT2D eigenvalue weighted by molar-refractivity contribution is 0.308. The highest BCUT2D eigenvalue weighted by Gasteiger charge is 1.99. The molecule has 0 saturated heterocycles. The van der Waals surface area contributed by atoms with Gasteiger partial charge >= 0.3 is 0 Å². The van der Waals surface area contributed by atoms with Crippen molar-refractivity contribution in [2.24, 2.45) is 0 Å². The Hall–Kier alpha value is -1.02. The first-order valence-corrected chi connectivity index (χ1v) is 5.33. The van der Waals surface area contributed by atoms with Gasteiger partial charge in [-0.05, 0) is 37.2 Å². The van der Waals surface area contributed by atoms with Crippen LogP contribution in [0.4, 0.5) is 5.69 Å². The summed E-state index contributed by atoms with van der Waals surface area (Å²) in [7, 11) is 0. The number of likely N-dealkylation sites (N-methyl/N-ethyl adjacent to an activating group) is 1. The van der Waals surface area contributed by atoms with Crippen molar-refractivity contribution >= 4 is 5.69 Å². The molecule has 2 nitrogen and oxygen atoms in total. The monoisotopic (exact) mass is 192 g/mol. The lowest BCUT2D eigenvalue weighted by atomic mass is 10.1. The van der Waals surface area contributed by atoms with Crippen LogP contribution in [-0.4, -0.2) is 24.5 Å². The highest BCUT2D eigenvalue weighted by molar-refractivity contribution is 5.40. The Morgan fingerprint density at radius 2 is 1.93 bits per heavy atom. The van der Waals surface area contributed by atoms with Crippen LogP contribution in [0.5, 0.6) is 0 Å². The third kappa shape index (κ3) is 3.38. The van der Waals surface area contributed by atoms with Crippen molar-refractivity contribution < 1.29 is 0 Å². The number of rotatable bonds is 5. The van der Waals surface area contributed by atoms with E-state index >= 15 is 0 Å². The zero-order chi connectivity index (χ0) is 10.4. The SMILES string of the molecule is CCN(CC)CCc1cccc(N)c1. The summed E-state index contributed by atoms with van der Waals surface area (Å²) in [5.74, 6) is 0. The van der Waals surface area contributed by atoms with E-state index in [0.717, 1.165) is 31.7 Å². The van der Waals surface area contributed by atoms with Gasteiger partial charge in [0.15, 0.2) is 0 Å². The Morgan fingerprint density at radius 3 is 2.50 bits per heavy atom. The molecular weight excluding hydrogens is 172 g/mol. The van der Waals surface area contributed by atoms with Crippen molar-refractivity contribution in [3.05, 3.63) is 29.8 Å². The summed E-state index contributed by atoms with van der Waals surface area (Å²) < 4.78 is 0. The molecule has 0 aliphatic heterocycles. The minimum atomic E-state index is 0.863. The van der Waals surface area contributed by atoms with Crippen LogP contribution in [0.3, 0.4) is 0 Å². The fourth-order valence-electron chi connectivity index (χ4n) is 1.58. The molecule has 0 unspecified atom stereocenters.